The molecule has 1 aliphatic rings. The van der Waals surface area contributed by atoms with Crippen molar-refractivity contribution >= 4 is 11.6 Å². The van der Waals surface area contributed by atoms with Gasteiger partial charge in [-0.2, -0.15) is 0 Å². The number of hydrogen-bond acceptors (Lipinski definition) is 4. The molecule has 0 atom stereocenters. The van der Waals surface area contributed by atoms with E-state index in [-0.39, 0.29) is 5.91 Å². The van der Waals surface area contributed by atoms with E-state index in [0.717, 1.165) is 44.7 Å². The zero-order chi connectivity index (χ0) is 15.4. The number of piperidine rings is 1. The van der Waals surface area contributed by atoms with Gasteiger partial charge in [-0.15, -0.1) is 0 Å². The van der Waals surface area contributed by atoms with E-state index in [9.17, 15) is 4.79 Å². The fourth-order valence-electron chi connectivity index (χ4n) is 3.11. The number of nitrogens with two attached hydrogens (primary N) is 1. The summed E-state index contributed by atoms with van der Waals surface area (Å²) in [7, 11) is 0. The molecule has 1 aromatic heterocycles. The van der Waals surface area contributed by atoms with E-state index in [0.29, 0.717) is 17.3 Å². The minimum atomic E-state index is 0.0605. The Hall–Kier alpha value is -1.62. The van der Waals surface area contributed by atoms with Crippen LogP contribution in [0.2, 0.25) is 0 Å². The zero-order valence-corrected chi connectivity index (χ0v) is 13.3. The third-order valence-corrected chi connectivity index (χ3v) is 4.42. The number of carbonyl (C=O) groups excluding carboxylic acids is 1. The first kappa shape index (κ1) is 15.8. The Bertz CT molecular complexity index is 491. The molecule has 116 valence electrons. The molecule has 0 radical (unpaired) electrons. The summed E-state index contributed by atoms with van der Waals surface area (Å²) >= 11 is 0. The van der Waals surface area contributed by atoms with Crippen LogP contribution in [0.3, 0.4) is 0 Å². The highest BCUT2D eigenvalue weighted by atomic mass is 16.2. The number of hydrogen-bond donors (Lipinski definition) is 1. The van der Waals surface area contributed by atoms with Gasteiger partial charge < -0.3 is 15.5 Å². The van der Waals surface area contributed by atoms with E-state index in [1.165, 1.54) is 0 Å². The van der Waals surface area contributed by atoms with Crippen LogP contribution in [0.25, 0.3) is 0 Å². The quantitative estimate of drug-likeness (QED) is 0.920. The van der Waals surface area contributed by atoms with Crippen molar-refractivity contribution in [2.45, 2.75) is 39.7 Å². The second-order valence-electron chi connectivity index (χ2n) is 5.65. The molecule has 1 aliphatic heterocycles. The number of anilines is 1. The summed E-state index contributed by atoms with van der Waals surface area (Å²) in [6.45, 7) is 10.0. The highest BCUT2D eigenvalue weighted by Gasteiger charge is 2.27. The maximum Gasteiger partial charge on any atom is 0.255 e. The molecule has 1 aromatic rings. The summed E-state index contributed by atoms with van der Waals surface area (Å²) in [5.41, 5.74) is 7.68. The molecule has 5 nitrogen and oxygen atoms in total. The summed E-state index contributed by atoms with van der Waals surface area (Å²) < 4.78 is 0. The Labute approximate surface area is 127 Å². The van der Waals surface area contributed by atoms with Crippen LogP contribution in [0, 0.1) is 6.92 Å². The highest BCUT2D eigenvalue weighted by Crippen LogP contribution is 2.20. The normalized spacial score (nSPS) is 16.5. The van der Waals surface area contributed by atoms with Crippen LogP contribution < -0.4 is 5.73 Å². The molecular weight excluding hydrogens is 264 g/mol. The van der Waals surface area contributed by atoms with Crippen molar-refractivity contribution in [1.29, 1.82) is 0 Å². The standard InChI is InChI=1S/C16H26N4O/c1-4-19(5-2)14-6-8-20(9-7-14)16(21)15-10-13(17)11-18-12(15)3/h10-11,14H,4-9,17H2,1-3H3. The number of nitrogen functional groups attached to an aromatic ring is 1. The summed E-state index contributed by atoms with van der Waals surface area (Å²) in [5.74, 6) is 0.0605. The van der Waals surface area contributed by atoms with Crippen LogP contribution in [0.15, 0.2) is 12.3 Å². The number of carbonyl (C=O) groups is 1. The molecule has 0 aliphatic carbocycles. The molecule has 2 rings (SSSR count). The fraction of sp³-hybridized carbons (Fsp3) is 0.625. The van der Waals surface area contributed by atoms with Crippen molar-refractivity contribution in [2.75, 3.05) is 31.9 Å². The van der Waals surface area contributed by atoms with Gasteiger partial charge in [-0.25, -0.2) is 0 Å². The summed E-state index contributed by atoms with van der Waals surface area (Å²) in [6.07, 6.45) is 3.68. The van der Waals surface area contributed by atoms with Gasteiger partial charge in [0.05, 0.1) is 23.1 Å². The van der Waals surface area contributed by atoms with Crippen molar-refractivity contribution in [1.82, 2.24) is 14.8 Å². The molecule has 21 heavy (non-hydrogen) atoms. The molecule has 0 spiro atoms. The van der Waals surface area contributed by atoms with E-state index >= 15 is 0 Å². The van der Waals surface area contributed by atoms with Crippen molar-refractivity contribution in [3.05, 3.63) is 23.5 Å². The average Bonchev–Trinajstić information content (AvgIpc) is 2.51. The predicted molar refractivity (Wildman–Crippen MR) is 85.2 cm³/mol. The molecular formula is C16H26N4O. The molecule has 0 aromatic carbocycles. The van der Waals surface area contributed by atoms with Gasteiger partial charge in [-0.3, -0.25) is 9.78 Å². The van der Waals surface area contributed by atoms with E-state index in [1.807, 2.05) is 11.8 Å². The van der Waals surface area contributed by atoms with Gasteiger partial charge in [-0.1, -0.05) is 13.8 Å². The van der Waals surface area contributed by atoms with E-state index < -0.39 is 0 Å². The minimum absolute atomic E-state index is 0.0605. The molecule has 5 heteroatoms. The van der Waals surface area contributed by atoms with Crippen LogP contribution in [0.1, 0.15) is 42.7 Å². The molecule has 2 N–H and O–H groups in total. The largest absolute Gasteiger partial charge is 0.397 e. The second kappa shape index (κ2) is 6.89. The lowest BCUT2D eigenvalue weighted by molar-refractivity contribution is 0.0630. The number of nitrogens with zero attached hydrogens (tertiary/aromatic N) is 3. The first-order valence-electron chi connectivity index (χ1n) is 7.82. The van der Waals surface area contributed by atoms with Crippen LogP contribution in [-0.4, -0.2) is 52.9 Å². The Morgan fingerprint density at radius 1 is 1.38 bits per heavy atom. The SMILES string of the molecule is CCN(CC)C1CCN(C(=O)c2cc(N)cnc2C)CC1. The third-order valence-electron chi connectivity index (χ3n) is 4.42. The van der Waals surface area contributed by atoms with E-state index in [2.05, 4.69) is 23.7 Å². The molecule has 0 unspecified atom stereocenters. The maximum atomic E-state index is 12.6. The minimum Gasteiger partial charge on any atom is -0.397 e. The predicted octanol–water partition coefficient (Wildman–Crippen LogP) is 1.92. The molecule has 0 bridgehead atoms. The monoisotopic (exact) mass is 290 g/mol. The molecule has 1 saturated heterocycles. The van der Waals surface area contributed by atoms with Gasteiger partial charge >= 0.3 is 0 Å². The van der Waals surface area contributed by atoms with E-state index in [1.54, 1.807) is 12.3 Å². The lowest BCUT2D eigenvalue weighted by Gasteiger charge is -2.37. The Morgan fingerprint density at radius 2 is 2.00 bits per heavy atom. The third kappa shape index (κ3) is 3.53. The van der Waals surface area contributed by atoms with Crippen LogP contribution in [-0.2, 0) is 0 Å². The summed E-state index contributed by atoms with van der Waals surface area (Å²) in [6, 6.07) is 2.34. The molecule has 2 heterocycles. The van der Waals surface area contributed by atoms with Gasteiger partial charge in [-0.05, 0) is 38.9 Å². The lowest BCUT2D eigenvalue weighted by atomic mass is 10.0. The van der Waals surface area contributed by atoms with Gasteiger partial charge in [0.25, 0.3) is 5.91 Å². The van der Waals surface area contributed by atoms with Crippen molar-refractivity contribution in [3.63, 3.8) is 0 Å². The smallest absolute Gasteiger partial charge is 0.255 e. The second-order valence-corrected chi connectivity index (χ2v) is 5.65. The fourth-order valence-corrected chi connectivity index (χ4v) is 3.11. The van der Waals surface area contributed by atoms with Crippen LogP contribution in [0.4, 0.5) is 5.69 Å². The van der Waals surface area contributed by atoms with Crippen molar-refractivity contribution in [3.8, 4) is 0 Å². The summed E-state index contributed by atoms with van der Waals surface area (Å²) in [5, 5.41) is 0. The lowest BCUT2D eigenvalue weighted by Crippen LogP contribution is -2.46. The highest BCUT2D eigenvalue weighted by molar-refractivity contribution is 5.96. The topological polar surface area (TPSA) is 62.5 Å². The maximum absolute atomic E-state index is 12.6. The Balaban J connectivity index is 2.02. The molecule has 1 fully saturated rings. The summed E-state index contributed by atoms with van der Waals surface area (Å²) in [4.78, 5) is 21.2. The molecule has 0 saturated carbocycles. The van der Waals surface area contributed by atoms with Crippen LogP contribution >= 0.6 is 0 Å². The number of rotatable bonds is 4. The van der Waals surface area contributed by atoms with Gasteiger partial charge in [0.2, 0.25) is 0 Å². The van der Waals surface area contributed by atoms with Gasteiger partial charge in [0.15, 0.2) is 0 Å². The van der Waals surface area contributed by atoms with Gasteiger partial charge in [0.1, 0.15) is 0 Å². The first-order chi connectivity index (χ1) is 10.1. The number of amides is 1. The number of aryl methyl sites for hydroxylation is 1. The zero-order valence-electron chi connectivity index (χ0n) is 13.3. The Kier molecular flexibility index (Phi) is 5.17. The Morgan fingerprint density at radius 3 is 2.57 bits per heavy atom. The van der Waals surface area contributed by atoms with Crippen molar-refractivity contribution in [2.24, 2.45) is 0 Å². The van der Waals surface area contributed by atoms with Crippen molar-refractivity contribution < 1.29 is 4.79 Å². The van der Waals surface area contributed by atoms with Crippen LogP contribution in [0.5, 0.6) is 0 Å². The van der Waals surface area contributed by atoms with E-state index in [4.69, 9.17) is 5.73 Å². The molecule has 1 amide bonds. The van der Waals surface area contributed by atoms with Gasteiger partial charge in [0, 0.05) is 19.1 Å². The number of likely N-dealkylation sites (tertiary alicyclic amines) is 1. The number of aromatic nitrogens is 1. The number of pyridine rings is 1. The average molecular weight is 290 g/mol. The first-order valence-corrected chi connectivity index (χ1v) is 7.82.